The second kappa shape index (κ2) is 7.87. The standard InChI is InChI=1S/C21H19N3O4/c1-26-17-5-3-2-4-16(17)21(25)24-20-9-7-15(13-22-20)23-14-6-8-18-19(12-14)28-11-10-27-18/h2-9,12-13,23H,10-11H2,1H3,(H,22,24,25). The van der Waals surface area contributed by atoms with Crippen LogP contribution in [0.2, 0.25) is 0 Å². The normalized spacial score (nSPS) is 12.2. The Morgan fingerprint density at radius 1 is 1.00 bits per heavy atom. The molecule has 2 aromatic carbocycles. The van der Waals surface area contributed by atoms with Gasteiger partial charge < -0.3 is 24.8 Å². The van der Waals surface area contributed by atoms with Crippen molar-refractivity contribution in [2.75, 3.05) is 31.0 Å². The molecule has 4 rings (SSSR count). The van der Waals surface area contributed by atoms with Crippen LogP contribution in [0.1, 0.15) is 10.4 Å². The van der Waals surface area contributed by atoms with E-state index in [1.165, 1.54) is 7.11 Å². The second-order valence-corrected chi connectivity index (χ2v) is 6.07. The average molecular weight is 377 g/mol. The second-order valence-electron chi connectivity index (χ2n) is 6.07. The number of methoxy groups -OCH3 is 1. The Hall–Kier alpha value is -3.74. The Morgan fingerprint density at radius 3 is 2.57 bits per heavy atom. The molecule has 0 unspecified atom stereocenters. The van der Waals surface area contributed by atoms with Crippen molar-refractivity contribution in [2.24, 2.45) is 0 Å². The van der Waals surface area contributed by atoms with E-state index in [0.29, 0.717) is 36.1 Å². The number of amides is 1. The van der Waals surface area contributed by atoms with Crippen LogP contribution in [-0.2, 0) is 0 Å². The van der Waals surface area contributed by atoms with Crippen molar-refractivity contribution in [1.82, 2.24) is 4.98 Å². The number of carbonyl (C=O) groups is 1. The number of benzene rings is 2. The van der Waals surface area contributed by atoms with Crippen LogP contribution in [-0.4, -0.2) is 31.2 Å². The minimum atomic E-state index is -0.280. The summed E-state index contributed by atoms with van der Waals surface area (Å²) in [4.78, 5) is 16.7. The van der Waals surface area contributed by atoms with E-state index in [9.17, 15) is 4.79 Å². The van der Waals surface area contributed by atoms with E-state index in [4.69, 9.17) is 14.2 Å². The van der Waals surface area contributed by atoms with E-state index < -0.39 is 0 Å². The first-order valence-corrected chi connectivity index (χ1v) is 8.80. The molecule has 2 heterocycles. The van der Waals surface area contributed by atoms with Crippen molar-refractivity contribution in [3.8, 4) is 17.2 Å². The number of carbonyl (C=O) groups excluding carboxylic acids is 1. The number of nitrogens with one attached hydrogen (secondary N) is 2. The molecule has 142 valence electrons. The number of ether oxygens (including phenoxy) is 3. The van der Waals surface area contributed by atoms with E-state index in [0.717, 1.165) is 17.1 Å². The van der Waals surface area contributed by atoms with Crippen LogP contribution in [0.25, 0.3) is 0 Å². The lowest BCUT2D eigenvalue weighted by Gasteiger charge is -2.19. The predicted molar refractivity (Wildman–Crippen MR) is 106 cm³/mol. The summed E-state index contributed by atoms with van der Waals surface area (Å²) in [6, 6.07) is 16.3. The molecule has 7 heteroatoms. The maximum Gasteiger partial charge on any atom is 0.260 e. The van der Waals surface area contributed by atoms with Crippen LogP contribution >= 0.6 is 0 Å². The molecule has 0 radical (unpaired) electrons. The van der Waals surface area contributed by atoms with Crippen LogP contribution < -0.4 is 24.8 Å². The summed E-state index contributed by atoms with van der Waals surface area (Å²) >= 11 is 0. The first-order chi connectivity index (χ1) is 13.7. The Labute approximate surface area is 162 Å². The van der Waals surface area contributed by atoms with Crippen molar-refractivity contribution >= 4 is 23.1 Å². The first kappa shape index (κ1) is 17.7. The van der Waals surface area contributed by atoms with Gasteiger partial charge in [0.2, 0.25) is 0 Å². The zero-order valence-electron chi connectivity index (χ0n) is 15.3. The van der Waals surface area contributed by atoms with E-state index in [1.54, 1.807) is 30.5 Å². The van der Waals surface area contributed by atoms with Gasteiger partial charge in [-0.05, 0) is 36.4 Å². The number of pyridine rings is 1. The Kier molecular flexibility index (Phi) is 4.97. The minimum absolute atomic E-state index is 0.280. The zero-order chi connectivity index (χ0) is 19.3. The molecular formula is C21H19N3O4. The van der Waals surface area contributed by atoms with Gasteiger partial charge in [0.15, 0.2) is 11.5 Å². The lowest BCUT2D eigenvalue weighted by molar-refractivity contribution is 0.102. The maximum atomic E-state index is 12.4. The van der Waals surface area contributed by atoms with Crippen molar-refractivity contribution in [2.45, 2.75) is 0 Å². The monoisotopic (exact) mass is 377 g/mol. The van der Waals surface area contributed by atoms with Gasteiger partial charge in [-0.2, -0.15) is 0 Å². The number of anilines is 3. The molecule has 0 atom stereocenters. The van der Waals surface area contributed by atoms with Crippen LogP contribution in [0.5, 0.6) is 17.2 Å². The highest BCUT2D eigenvalue weighted by Gasteiger charge is 2.13. The summed E-state index contributed by atoms with van der Waals surface area (Å²) in [6.07, 6.45) is 1.65. The molecule has 0 spiro atoms. The molecule has 1 aliphatic heterocycles. The number of rotatable bonds is 5. The van der Waals surface area contributed by atoms with Gasteiger partial charge in [0.05, 0.1) is 24.6 Å². The van der Waals surface area contributed by atoms with E-state index in [-0.39, 0.29) is 5.91 Å². The number of hydrogen-bond donors (Lipinski definition) is 2. The molecule has 28 heavy (non-hydrogen) atoms. The van der Waals surface area contributed by atoms with Gasteiger partial charge in [0.1, 0.15) is 24.8 Å². The fourth-order valence-electron chi connectivity index (χ4n) is 2.85. The number of para-hydroxylation sites is 1. The lowest BCUT2D eigenvalue weighted by atomic mass is 10.2. The maximum absolute atomic E-state index is 12.4. The van der Waals surface area contributed by atoms with Gasteiger partial charge >= 0.3 is 0 Å². The molecule has 2 N–H and O–H groups in total. The van der Waals surface area contributed by atoms with Gasteiger partial charge in [0, 0.05) is 11.8 Å². The molecule has 0 fully saturated rings. The number of aromatic nitrogens is 1. The first-order valence-electron chi connectivity index (χ1n) is 8.80. The molecule has 1 aliphatic rings. The summed E-state index contributed by atoms with van der Waals surface area (Å²) < 4.78 is 16.3. The van der Waals surface area contributed by atoms with Gasteiger partial charge in [-0.3, -0.25) is 4.79 Å². The fraction of sp³-hybridized carbons (Fsp3) is 0.143. The quantitative estimate of drug-likeness (QED) is 0.703. The van der Waals surface area contributed by atoms with Gasteiger partial charge in [-0.1, -0.05) is 12.1 Å². The molecule has 0 bridgehead atoms. The van der Waals surface area contributed by atoms with Crippen molar-refractivity contribution in [3.63, 3.8) is 0 Å². The highest BCUT2D eigenvalue weighted by Crippen LogP contribution is 2.33. The summed E-state index contributed by atoms with van der Waals surface area (Å²) in [5.74, 6) is 2.13. The molecule has 1 aromatic heterocycles. The molecule has 1 amide bonds. The summed E-state index contributed by atoms with van der Waals surface area (Å²) in [7, 11) is 1.53. The van der Waals surface area contributed by atoms with Crippen LogP contribution in [0.3, 0.4) is 0 Å². The highest BCUT2D eigenvalue weighted by molar-refractivity contribution is 6.05. The molecule has 7 nitrogen and oxygen atoms in total. The molecule has 0 saturated heterocycles. The van der Waals surface area contributed by atoms with E-state index in [1.807, 2.05) is 30.3 Å². The molecule has 3 aromatic rings. The van der Waals surface area contributed by atoms with Crippen molar-refractivity contribution < 1.29 is 19.0 Å². The van der Waals surface area contributed by atoms with Gasteiger partial charge in [0.25, 0.3) is 5.91 Å². The predicted octanol–water partition coefficient (Wildman–Crippen LogP) is 3.86. The summed E-state index contributed by atoms with van der Waals surface area (Å²) in [5.41, 5.74) is 2.09. The van der Waals surface area contributed by atoms with Crippen molar-refractivity contribution in [1.29, 1.82) is 0 Å². The third-order valence-electron chi connectivity index (χ3n) is 4.19. The molecule has 0 saturated carbocycles. The number of hydrogen-bond acceptors (Lipinski definition) is 6. The van der Waals surface area contributed by atoms with E-state index >= 15 is 0 Å². The minimum Gasteiger partial charge on any atom is -0.496 e. The Balaban J connectivity index is 1.43. The zero-order valence-corrected chi connectivity index (χ0v) is 15.3. The number of fused-ring (bicyclic) bond motifs is 1. The third-order valence-corrected chi connectivity index (χ3v) is 4.19. The number of nitrogens with zero attached hydrogens (tertiary/aromatic N) is 1. The fourth-order valence-corrected chi connectivity index (χ4v) is 2.85. The van der Waals surface area contributed by atoms with Gasteiger partial charge in [-0.15, -0.1) is 0 Å². The summed E-state index contributed by atoms with van der Waals surface area (Å²) in [5, 5.41) is 6.02. The smallest absolute Gasteiger partial charge is 0.260 e. The molecule has 0 aliphatic carbocycles. The lowest BCUT2D eigenvalue weighted by Crippen LogP contribution is -2.15. The Morgan fingerprint density at radius 2 is 1.79 bits per heavy atom. The van der Waals surface area contributed by atoms with Crippen LogP contribution in [0.15, 0.2) is 60.8 Å². The molecular weight excluding hydrogens is 358 g/mol. The van der Waals surface area contributed by atoms with Crippen molar-refractivity contribution in [3.05, 3.63) is 66.4 Å². The average Bonchev–Trinajstić information content (AvgIpc) is 2.75. The SMILES string of the molecule is COc1ccccc1C(=O)Nc1ccc(Nc2ccc3c(c2)OCCO3)cn1. The van der Waals surface area contributed by atoms with Crippen LogP contribution in [0.4, 0.5) is 17.2 Å². The Bertz CT molecular complexity index is 989. The topological polar surface area (TPSA) is 81.7 Å². The summed E-state index contributed by atoms with van der Waals surface area (Å²) in [6.45, 7) is 1.10. The van der Waals surface area contributed by atoms with E-state index in [2.05, 4.69) is 15.6 Å². The van der Waals surface area contributed by atoms with Crippen LogP contribution in [0, 0.1) is 0 Å². The highest BCUT2D eigenvalue weighted by atomic mass is 16.6. The third kappa shape index (κ3) is 3.83. The van der Waals surface area contributed by atoms with Gasteiger partial charge in [-0.25, -0.2) is 4.98 Å². The largest absolute Gasteiger partial charge is 0.496 e.